The average Bonchev–Trinajstić information content (AvgIpc) is 3.11. The predicted octanol–water partition coefficient (Wildman–Crippen LogP) is -8.95. The van der Waals surface area contributed by atoms with E-state index in [-0.39, 0.29) is 26.1 Å². The van der Waals surface area contributed by atoms with Gasteiger partial charge >= 0.3 is 0 Å². The third-order valence-corrected chi connectivity index (χ3v) is 9.02. The minimum atomic E-state index is -1.81. The molecule has 0 aromatic rings. The zero-order chi connectivity index (χ0) is 36.9. The molecule has 0 bridgehead atoms. The van der Waals surface area contributed by atoms with Crippen LogP contribution in [-0.4, -0.2) is 234 Å². The number of aliphatic hydroxyl groups excluding tert-OH is 14. The summed E-state index contributed by atoms with van der Waals surface area (Å²) in [4.78, 5) is 0. The molecule has 0 radical (unpaired) electrons. The number of unbranched alkanes of at least 4 members (excludes halogenated alkanes) is 1. The van der Waals surface area contributed by atoms with Crippen LogP contribution in [0.4, 0.5) is 0 Å². The van der Waals surface area contributed by atoms with Crippen molar-refractivity contribution in [2.75, 3.05) is 39.6 Å². The van der Waals surface area contributed by atoms with Gasteiger partial charge in [-0.25, -0.2) is 0 Å². The van der Waals surface area contributed by atoms with Gasteiger partial charge in [0.1, 0.15) is 97.7 Å². The van der Waals surface area contributed by atoms with E-state index >= 15 is 0 Å². The Bertz CT molecular complexity index is 915. The summed E-state index contributed by atoms with van der Waals surface area (Å²) >= 11 is 0. The highest BCUT2D eigenvalue weighted by atomic mass is 16.8. The van der Waals surface area contributed by atoms with Gasteiger partial charge in [0.2, 0.25) is 0 Å². The van der Waals surface area contributed by atoms with Crippen LogP contribution in [0, 0.1) is 0 Å². The van der Waals surface area contributed by atoms with Crippen LogP contribution < -0.4 is 0 Å². The second-order valence-electron chi connectivity index (χ2n) is 12.5. The SMILES string of the molecule is OC[C@H]1O[C@H](O[C@H]2[C@H](O)[C@@H](O)[C@@H](OCCCCO[C@H]3O[C@H](CO)[C@@H](O[C@H]4O[C@H](CO)[C@@H](O)[C@H](O)[C@H]4O)[C@H](O)[C@H]3O)O[C@@H]2CO)[C@H](O)[C@@H](O)[C@@H]1O. The van der Waals surface area contributed by atoms with E-state index in [1.54, 1.807) is 0 Å². The highest BCUT2D eigenvalue weighted by Crippen LogP contribution is 2.31. The van der Waals surface area contributed by atoms with Crippen molar-refractivity contribution in [1.82, 2.24) is 0 Å². The molecule has 50 heavy (non-hydrogen) atoms. The van der Waals surface area contributed by atoms with E-state index in [4.69, 9.17) is 37.9 Å². The average molecular weight is 739 g/mol. The summed E-state index contributed by atoms with van der Waals surface area (Å²) < 4.78 is 43.6. The van der Waals surface area contributed by atoms with Crippen LogP contribution in [0.25, 0.3) is 0 Å². The molecule has 0 aromatic carbocycles. The van der Waals surface area contributed by atoms with Crippen molar-refractivity contribution in [3.05, 3.63) is 0 Å². The molecule has 4 rings (SSSR count). The molecule has 294 valence electrons. The van der Waals surface area contributed by atoms with Crippen molar-refractivity contribution in [2.45, 2.75) is 136 Å². The first kappa shape index (κ1) is 41.9. The number of hydrogen-bond donors (Lipinski definition) is 14. The Balaban J connectivity index is 1.21. The Morgan fingerprint density at radius 1 is 0.340 bits per heavy atom. The van der Waals surface area contributed by atoms with Gasteiger partial charge in [-0.1, -0.05) is 0 Å². The fourth-order valence-corrected chi connectivity index (χ4v) is 5.99. The topological polar surface area (TPSA) is 357 Å². The number of aliphatic hydroxyl groups is 14. The highest BCUT2D eigenvalue weighted by molar-refractivity contribution is 4.95. The number of rotatable bonds is 15. The lowest BCUT2D eigenvalue weighted by atomic mass is 9.97. The van der Waals surface area contributed by atoms with Gasteiger partial charge in [0, 0.05) is 13.2 Å². The van der Waals surface area contributed by atoms with Crippen molar-refractivity contribution in [2.24, 2.45) is 0 Å². The van der Waals surface area contributed by atoms with Crippen LogP contribution in [0.1, 0.15) is 12.8 Å². The first-order valence-corrected chi connectivity index (χ1v) is 16.2. The summed E-state index contributed by atoms with van der Waals surface area (Å²) in [6.45, 7) is -3.08. The molecule has 4 fully saturated rings. The molecule has 0 amide bonds. The molecule has 4 saturated heterocycles. The fourth-order valence-electron chi connectivity index (χ4n) is 5.99. The van der Waals surface area contributed by atoms with Gasteiger partial charge in [-0.05, 0) is 12.8 Å². The first-order valence-electron chi connectivity index (χ1n) is 16.2. The lowest BCUT2D eigenvalue weighted by Crippen LogP contribution is -2.64. The summed E-state index contributed by atoms with van der Waals surface area (Å²) in [7, 11) is 0. The van der Waals surface area contributed by atoms with E-state index in [1.807, 2.05) is 0 Å². The van der Waals surface area contributed by atoms with E-state index < -0.39 is 149 Å². The molecule has 20 atom stereocenters. The van der Waals surface area contributed by atoms with Gasteiger partial charge < -0.3 is 109 Å². The lowest BCUT2D eigenvalue weighted by Gasteiger charge is -2.46. The zero-order valence-electron chi connectivity index (χ0n) is 26.7. The molecule has 4 aliphatic heterocycles. The van der Waals surface area contributed by atoms with Gasteiger partial charge in [0.05, 0.1) is 26.4 Å². The smallest absolute Gasteiger partial charge is 0.187 e. The Morgan fingerprint density at radius 2 is 0.640 bits per heavy atom. The first-order chi connectivity index (χ1) is 23.8. The molecular formula is C28H50O22. The summed E-state index contributed by atoms with van der Waals surface area (Å²) in [5, 5.41) is 141. The molecule has 22 heteroatoms. The van der Waals surface area contributed by atoms with Crippen molar-refractivity contribution < 1.29 is 109 Å². The van der Waals surface area contributed by atoms with Crippen LogP contribution in [0.2, 0.25) is 0 Å². The number of hydrogen-bond acceptors (Lipinski definition) is 22. The Hall–Kier alpha value is -0.880. The molecule has 4 heterocycles. The van der Waals surface area contributed by atoms with E-state index in [0.29, 0.717) is 0 Å². The van der Waals surface area contributed by atoms with Crippen LogP contribution in [-0.2, 0) is 37.9 Å². The normalized spacial score (nSPS) is 48.8. The van der Waals surface area contributed by atoms with Crippen LogP contribution in [0.3, 0.4) is 0 Å². The van der Waals surface area contributed by atoms with Gasteiger partial charge in [0.25, 0.3) is 0 Å². The summed E-state index contributed by atoms with van der Waals surface area (Å²) in [6, 6.07) is 0. The Kier molecular flexibility index (Phi) is 15.9. The van der Waals surface area contributed by atoms with E-state index in [2.05, 4.69) is 0 Å². The zero-order valence-corrected chi connectivity index (χ0v) is 26.7. The van der Waals surface area contributed by atoms with Gasteiger partial charge in [-0.15, -0.1) is 0 Å². The van der Waals surface area contributed by atoms with Crippen molar-refractivity contribution in [3.63, 3.8) is 0 Å². The molecule has 14 N–H and O–H groups in total. The number of ether oxygens (including phenoxy) is 8. The summed E-state index contributed by atoms with van der Waals surface area (Å²) in [5.41, 5.74) is 0. The fraction of sp³-hybridized carbons (Fsp3) is 1.00. The predicted molar refractivity (Wildman–Crippen MR) is 154 cm³/mol. The van der Waals surface area contributed by atoms with Crippen molar-refractivity contribution in [3.8, 4) is 0 Å². The molecular weight excluding hydrogens is 688 g/mol. The molecule has 0 aromatic heterocycles. The summed E-state index contributed by atoms with van der Waals surface area (Å²) in [6.07, 6.45) is -31.3. The standard InChI is InChI=1S/C28H50O22/c29-5-9-13(33)15(35)19(39)27(45-9)49-23-11(7-31)47-25(21(41)17(23)37)43-3-1-2-4-44-26-22(42)18(38)24(12(8-32)48-26)50-28-20(40)16(36)14(34)10(6-30)46-28/h9-42H,1-8H2/t9-,10-,11-,12-,13-,14-,15+,16+,17-,18-,19-,20-,21-,22-,23-,24-,25+,26+,27-,28-/m1/s1. The maximum atomic E-state index is 10.7. The van der Waals surface area contributed by atoms with Crippen LogP contribution in [0.5, 0.6) is 0 Å². The maximum absolute atomic E-state index is 10.7. The Labute approximate surface area is 285 Å². The summed E-state index contributed by atoms with van der Waals surface area (Å²) in [5.74, 6) is 0. The molecule has 0 aliphatic carbocycles. The molecule has 0 unspecified atom stereocenters. The third kappa shape index (κ3) is 9.25. The van der Waals surface area contributed by atoms with Gasteiger partial charge in [0.15, 0.2) is 25.2 Å². The molecule has 0 saturated carbocycles. The van der Waals surface area contributed by atoms with Crippen molar-refractivity contribution in [1.29, 1.82) is 0 Å². The minimum absolute atomic E-state index is 0.0703. The Morgan fingerprint density at radius 3 is 0.960 bits per heavy atom. The molecule has 22 nitrogen and oxygen atoms in total. The van der Waals surface area contributed by atoms with E-state index in [1.165, 1.54) is 0 Å². The van der Waals surface area contributed by atoms with Crippen molar-refractivity contribution >= 4 is 0 Å². The highest BCUT2D eigenvalue weighted by Gasteiger charge is 2.52. The maximum Gasteiger partial charge on any atom is 0.187 e. The monoisotopic (exact) mass is 738 g/mol. The molecule has 0 spiro atoms. The quantitative estimate of drug-likeness (QED) is 0.0693. The van der Waals surface area contributed by atoms with Crippen LogP contribution in [0.15, 0.2) is 0 Å². The minimum Gasteiger partial charge on any atom is -0.394 e. The second-order valence-corrected chi connectivity index (χ2v) is 12.5. The lowest BCUT2D eigenvalue weighted by molar-refractivity contribution is -0.360. The van der Waals surface area contributed by atoms with Crippen LogP contribution >= 0.6 is 0 Å². The molecule has 4 aliphatic rings. The van der Waals surface area contributed by atoms with E-state index in [0.717, 1.165) is 0 Å². The van der Waals surface area contributed by atoms with E-state index in [9.17, 15) is 71.5 Å². The largest absolute Gasteiger partial charge is 0.394 e. The van der Waals surface area contributed by atoms with Gasteiger partial charge in [-0.2, -0.15) is 0 Å². The van der Waals surface area contributed by atoms with Gasteiger partial charge in [-0.3, -0.25) is 0 Å². The third-order valence-electron chi connectivity index (χ3n) is 9.02. The second kappa shape index (κ2) is 18.9.